The molecule has 0 fully saturated rings. The standard InChI is InChI=1S/2C11H14O3.Zn/c2*1-11(2,3)7-4-5-8(10(13)14)9(12)6-7;/h2*4-6,12H,1-3H3,(H,13,14);. The van der Waals surface area contributed by atoms with Crippen LogP contribution in [0, 0.1) is 0 Å². The molecule has 0 aliphatic rings. The van der Waals surface area contributed by atoms with Gasteiger partial charge in [-0.15, -0.1) is 0 Å². The fourth-order valence-electron chi connectivity index (χ4n) is 2.36. The Morgan fingerprint density at radius 1 is 0.655 bits per heavy atom. The maximum atomic E-state index is 10.6. The largest absolute Gasteiger partial charge is 0.507 e. The number of rotatable bonds is 2. The smallest absolute Gasteiger partial charge is 0.339 e. The Kier molecular flexibility index (Phi) is 9.06. The van der Waals surface area contributed by atoms with Crippen molar-refractivity contribution in [1.82, 2.24) is 0 Å². The van der Waals surface area contributed by atoms with Crippen LogP contribution in [0.4, 0.5) is 0 Å². The fourth-order valence-corrected chi connectivity index (χ4v) is 2.36. The van der Waals surface area contributed by atoms with Crippen molar-refractivity contribution in [3.05, 3.63) is 58.7 Å². The molecule has 0 spiro atoms. The second-order valence-electron chi connectivity index (χ2n) is 8.57. The van der Waals surface area contributed by atoms with E-state index in [2.05, 4.69) is 0 Å². The molecule has 0 radical (unpaired) electrons. The number of carboxylic acid groups (broad SMARTS) is 2. The Balaban J connectivity index is 0.000000523. The van der Waals surface area contributed by atoms with Crippen LogP contribution in [0.5, 0.6) is 11.5 Å². The molecule has 0 bridgehead atoms. The Labute approximate surface area is 184 Å². The summed E-state index contributed by atoms with van der Waals surface area (Å²) in [6.45, 7) is 12.0. The van der Waals surface area contributed by atoms with Gasteiger partial charge in [0.2, 0.25) is 0 Å². The molecule has 0 amide bonds. The molecule has 2 rings (SSSR count). The van der Waals surface area contributed by atoms with Crippen LogP contribution in [0.3, 0.4) is 0 Å². The SMILES string of the molecule is CC(C)(C)c1ccc(C(=O)O)c(O)c1.CC(C)(C)c1ccc(C(=O)O)c(O)c1.[Zn]. The van der Waals surface area contributed by atoms with Gasteiger partial charge in [0.25, 0.3) is 0 Å². The first-order valence-corrected chi connectivity index (χ1v) is 8.78. The minimum atomic E-state index is -1.11. The van der Waals surface area contributed by atoms with E-state index in [4.69, 9.17) is 10.2 Å². The first-order valence-electron chi connectivity index (χ1n) is 8.78. The van der Waals surface area contributed by atoms with Crippen molar-refractivity contribution >= 4 is 11.9 Å². The molecule has 0 unspecified atom stereocenters. The van der Waals surface area contributed by atoms with Gasteiger partial charge in [-0.25, -0.2) is 9.59 Å². The number of aromatic hydroxyl groups is 2. The van der Waals surface area contributed by atoms with Gasteiger partial charge < -0.3 is 20.4 Å². The molecule has 0 aliphatic carbocycles. The maximum Gasteiger partial charge on any atom is 0.339 e. The summed E-state index contributed by atoms with van der Waals surface area (Å²) in [4.78, 5) is 21.2. The molecule has 0 saturated carbocycles. The first-order chi connectivity index (χ1) is 12.6. The van der Waals surface area contributed by atoms with Gasteiger partial charge in [-0.1, -0.05) is 53.7 Å². The van der Waals surface area contributed by atoms with Gasteiger partial charge in [0.15, 0.2) is 0 Å². The van der Waals surface area contributed by atoms with Crippen LogP contribution in [0.1, 0.15) is 73.4 Å². The van der Waals surface area contributed by atoms with Crippen molar-refractivity contribution in [2.75, 3.05) is 0 Å². The van der Waals surface area contributed by atoms with Crippen LogP contribution in [0.2, 0.25) is 0 Å². The topological polar surface area (TPSA) is 115 Å². The number of phenols is 2. The minimum Gasteiger partial charge on any atom is -0.507 e. The van der Waals surface area contributed by atoms with Crippen molar-refractivity contribution in [2.24, 2.45) is 0 Å². The average molecular weight is 454 g/mol. The molecule has 2 aromatic rings. The molecule has 0 aliphatic heterocycles. The van der Waals surface area contributed by atoms with E-state index in [-0.39, 0.29) is 52.9 Å². The zero-order valence-electron chi connectivity index (χ0n) is 17.8. The third kappa shape index (κ3) is 7.50. The average Bonchev–Trinajstić information content (AvgIpc) is 2.52. The van der Waals surface area contributed by atoms with E-state index >= 15 is 0 Å². The van der Waals surface area contributed by atoms with Gasteiger partial charge in [0.05, 0.1) is 0 Å². The number of carbonyl (C=O) groups is 2. The van der Waals surface area contributed by atoms with Crippen LogP contribution in [0.25, 0.3) is 0 Å². The Morgan fingerprint density at radius 2 is 0.931 bits per heavy atom. The Hall–Kier alpha value is -2.40. The number of hydrogen-bond acceptors (Lipinski definition) is 4. The number of hydrogen-bond donors (Lipinski definition) is 4. The predicted octanol–water partition coefficient (Wildman–Crippen LogP) is 4.77. The molecule has 2 aromatic carbocycles. The van der Waals surface area contributed by atoms with Crippen LogP contribution in [-0.2, 0) is 30.3 Å². The molecular weight excluding hydrogens is 426 g/mol. The Morgan fingerprint density at radius 3 is 1.10 bits per heavy atom. The number of aromatic carboxylic acids is 2. The zero-order valence-corrected chi connectivity index (χ0v) is 20.7. The van der Waals surface area contributed by atoms with Crippen LogP contribution in [-0.4, -0.2) is 32.4 Å². The second-order valence-corrected chi connectivity index (χ2v) is 8.57. The summed E-state index contributed by atoms with van der Waals surface area (Å²) in [6, 6.07) is 9.32. The molecule has 4 N–H and O–H groups in total. The molecule has 0 saturated heterocycles. The van der Waals surface area contributed by atoms with Crippen LogP contribution in [0.15, 0.2) is 36.4 Å². The zero-order chi connectivity index (χ0) is 21.9. The summed E-state index contributed by atoms with van der Waals surface area (Å²) in [5.74, 6) is -2.57. The van der Waals surface area contributed by atoms with Gasteiger partial charge in [-0.3, -0.25) is 0 Å². The van der Waals surface area contributed by atoms with E-state index in [0.29, 0.717) is 0 Å². The molecule has 7 heteroatoms. The summed E-state index contributed by atoms with van der Waals surface area (Å²) in [7, 11) is 0. The predicted molar refractivity (Wildman–Crippen MR) is 108 cm³/mol. The third-order valence-electron chi connectivity index (χ3n) is 4.19. The normalized spacial score (nSPS) is 11.0. The summed E-state index contributed by atoms with van der Waals surface area (Å²) in [5.41, 5.74) is 1.54. The first kappa shape index (κ1) is 26.6. The van der Waals surface area contributed by atoms with E-state index in [9.17, 15) is 19.8 Å². The quantitative estimate of drug-likeness (QED) is 0.487. The van der Waals surface area contributed by atoms with E-state index < -0.39 is 11.9 Å². The van der Waals surface area contributed by atoms with Gasteiger partial charge in [-0.2, -0.15) is 0 Å². The van der Waals surface area contributed by atoms with E-state index in [1.165, 1.54) is 24.3 Å². The number of benzene rings is 2. The number of carboxylic acids is 2. The van der Waals surface area contributed by atoms with E-state index in [1.54, 1.807) is 12.1 Å². The molecule has 0 heterocycles. The van der Waals surface area contributed by atoms with Crippen molar-refractivity contribution < 1.29 is 49.5 Å². The summed E-state index contributed by atoms with van der Waals surface area (Å²) in [5, 5.41) is 36.3. The fraction of sp³-hybridized carbons (Fsp3) is 0.364. The minimum absolute atomic E-state index is 0. The summed E-state index contributed by atoms with van der Waals surface area (Å²) in [6.07, 6.45) is 0. The second kappa shape index (κ2) is 9.88. The Bertz CT molecular complexity index is 802. The molecule has 0 atom stereocenters. The van der Waals surface area contributed by atoms with Crippen molar-refractivity contribution in [2.45, 2.75) is 52.4 Å². The molecule has 6 nitrogen and oxygen atoms in total. The molecular formula is C22H28O6Zn. The molecule has 29 heavy (non-hydrogen) atoms. The molecule has 0 aromatic heterocycles. The third-order valence-corrected chi connectivity index (χ3v) is 4.19. The van der Waals surface area contributed by atoms with Crippen molar-refractivity contribution in [3.8, 4) is 11.5 Å². The van der Waals surface area contributed by atoms with Crippen molar-refractivity contribution in [1.29, 1.82) is 0 Å². The van der Waals surface area contributed by atoms with Gasteiger partial charge >= 0.3 is 11.9 Å². The van der Waals surface area contributed by atoms with Gasteiger partial charge in [0, 0.05) is 19.5 Å². The summed E-state index contributed by atoms with van der Waals surface area (Å²) < 4.78 is 0. The maximum absolute atomic E-state index is 10.6. The van der Waals surface area contributed by atoms with E-state index in [1.807, 2.05) is 41.5 Å². The monoisotopic (exact) mass is 452 g/mol. The van der Waals surface area contributed by atoms with Crippen molar-refractivity contribution in [3.63, 3.8) is 0 Å². The van der Waals surface area contributed by atoms with Gasteiger partial charge in [0.1, 0.15) is 22.6 Å². The van der Waals surface area contributed by atoms with E-state index in [0.717, 1.165) is 11.1 Å². The van der Waals surface area contributed by atoms with Gasteiger partial charge in [-0.05, 0) is 46.2 Å². The molecule has 154 valence electrons. The summed E-state index contributed by atoms with van der Waals surface area (Å²) >= 11 is 0. The van der Waals surface area contributed by atoms with Crippen LogP contribution >= 0.6 is 0 Å². The van der Waals surface area contributed by atoms with Crippen LogP contribution < -0.4 is 0 Å².